The normalized spacial score (nSPS) is 14.4. The molecule has 2 aliphatic rings. The Kier molecular flexibility index (Phi) is 16.3. The Morgan fingerprint density at radius 1 is 0.407 bits per heavy atom. The van der Waals surface area contributed by atoms with Crippen molar-refractivity contribution in [2.24, 2.45) is 0 Å². The van der Waals surface area contributed by atoms with Crippen LogP contribution in [0.15, 0.2) is 24.3 Å². The first-order valence-corrected chi connectivity index (χ1v) is 21.8. The molecule has 0 amide bonds. The maximum absolute atomic E-state index is 5.95. The van der Waals surface area contributed by atoms with Gasteiger partial charge in [-0.15, -0.1) is 0 Å². The second kappa shape index (κ2) is 22.4. The van der Waals surface area contributed by atoms with Crippen LogP contribution < -0.4 is 51.9 Å². The van der Waals surface area contributed by atoms with E-state index in [1.54, 1.807) is 0 Å². The molecule has 0 atom stereocenters. The van der Waals surface area contributed by atoms with Crippen LogP contribution in [0, 0.1) is 0 Å². The van der Waals surface area contributed by atoms with Crippen molar-refractivity contribution in [2.45, 2.75) is 85.6 Å². The third kappa shape index (κ3) is 12.9. The van der Waals surface area contributed by atoms with Crippen LogP contribution in [-0.2, 0) is 6.54 Å². The third-order valence-electron chi connectivity index (χ3n) is 10.2. The highest BCUT2D eigenvalue weighted by Crippen LogP contribution is 2.24. The Balaban J connectivity index is 1.17. The van der Waals surface area contributed by atoms with Crippen molar-refractivity contribution in [3.05, 3.63) is 29.8 Å². The lowest BCUT2D eigenvalue weighted by molar-refractivity contribution is 0.612. The zero-order chi connectivity index (χ0) is 41.2. The van der Waals surface area contributed by atoms with Crippen molar-refractivity contribution in [1.29, 1.82) is 0 Å². The monoisotopic (exact) mass is 812 g/mol. The van der Waals surface area contributed by atoms with E-state index in [1.165, 1.54) is 0 Å². The minimum atomic E-state index is 0.526. The Morgan fingerprint density at radius 2 is 0.695 bits per heavy atom. The van der Waals surface area contributed by atoms with E-state index in [0.717, 1.165) is 88.8 Å². The van der Waals surface area contributed by atoms with Gasteiger partial charge in [0.1, 0.15) is 0 Å². The fourth-order valence-corrected chi connectivity index (χ4v) is 6.58. The number of hydrogen-bond acceptors (Lipinski definition) is 19. The molecule has 19 heteroatoms. The van der Waals surface area contributed by atoms with Crippen LogP contribution in [0.2, 0.25) is 0 Å². The van der Waals surface area contributed by atoms with Gasteiger partial charge in [-0.05, 0) is 43.4 Å². The number of nitrogen functional groups attached to an aromatic ring is 1. The summed E-state index contributed by atoms with van der Waals surface area (Å²) < 4.78 is 0. The van der Waals surface area contributed by atoms with E-state index in [1.807, 2.05) is 24.3 Å². The van der Waals surface area contributed by atoms with Crippen LogP contribution in [-0.4, -0.2) is 123 Å². The second-order valence-electron chi connectivity index (χ2n) is 15.0. The molecule has 0 unspecified atom stereocenters. The van der Waals surface area contributed by atoms with Gasteiger partial charge in [-0.3, -0.25) is 0 Å². The highest BCUT2D eigenvalue weighted by atomic mass is 15.4. The number of anilines is 10. The minimum absolute atomic E-state index is 0.526. The molecule has 4 aromatic rings. The minimum Gasteiger partial charge on any atom is -0.399 e. The largest absolute Gasteiger partial charge is 0.399 e. The average molecular weight is 812 g/mol. The summed E-state index contributed by atoms with van der Waals surface area (Å²) in [6.07, 6.45) is 8.58. The maximum atomic E-state index is 5.95. The predicted molar refractivity (Wildman–Crippen MR) is 240 cm³/mol. The molecule has 2 saturated heterocycles. The van der Waals surface area contributed by atoms with Crippen LogP contribution in [0.4, 0.5) is 59.2 Å². The molecule has 6 rings (SSSR count). The summed E-state index contributed by atoms with van der Waals surface area (Å²) in [6, 6.07) is 7.83. The molecule has 2 aliphatic heterocycles. The lowest BCUT2D eigenvalue weighted by Gasteiger charge is -2.36. The molecule has 19 nitrogen and oxygen atoms in total. The smallest absolute Gasteiger partial charge is 0.232 e. The van der Waals surface area contributed by atoms with E-state index in [-0.39, 0.29) is 0 Å². The molecule has 3 aromatic heterocycles. The molecular formula is C40H65N19. The van der Waals surface area contributed by atoms with Crippen LogP contribution in [0.3, 0.4) is 0 Å². The van der Waals surface area contributed by atoms with Crippen LogP contribution in [0.25, 0.3) is 0 Å². The number of hydrogen-bond donors (Lipinski definition) is 6. The molecule has 0 radical (unpaired) electrons. The Morgan fingerprint density at radius 3 is 1.00 bits per heavy atom. The second-order valence-corrected chi connectivity index (χ2v) is 15.0. The first-order valence-electron chi connectivity index (χ1n) is 21.8. The van der Waals surface area contributed by atoms with E-state index >= 15 is 0 Å². The topological polar surface area (TPSA) is 215 Å². The molecule has 7 N–H and O–H groups in total. The van der Waals surface area contributed by atoms with Gasteiger partial charge in [0.2, 0.25) is 53.5 Å². The summed E-state index contributed by atoms with van der Waals surface area (Å²) in [7, 11) is 0. The zero-order valence-electron chi connectivity index (χ0n) is 35.5. The summed E-state index contributed by atoms with van der Waals surface area (Å²) in [5, 5.41) is 17.0. The predicted octanol–water partition coefficient (Wildman–Crippen LogP) is 4.94. The molecule has 0 bridgehead atoms. The highest BCUT2D eigenvalue weighted by molar-refractivity contribution is 5.51. The lowest BCUT2D eigenvalue weighted by atomic mass is 10.2. The van der Waals surface area contributed by atoms with Gasteiger partial charge in [0, 0.05) is 90.8 Å². The molecule has 59 heavy (non-hydrogen) atoms. The molecule has 1 aromatic carbocycles. The molecule has 0 aliphatic carbocycles. The van der Waals surface area contributed by atoms with Crippen molar-refractivity contribution in [3.63, 3.8) is 0 Å². The molecule has 2 fully saturated rings. The van der Waals surface area contributed by atoms with Crippen molar-refractivity contribution < 1.29 is 0 Å². The van der Waals surface area contributed by atoms with E-state index in [4.69, 9.17) is 40.6 Å². The molecular weight excluding hydrogens is 747 g/mol. The SMILES string of the molecule is CCCCNc1nc(NCCCC)nc(N2CCN(c3nc(NCc4ccc(N)cc4)nc(N4CCN(c5nc(NCCCC)nc(NCCCC)n5)CC4)n3)CC2)n1. The van der Waals surface area contributed by atoms with Gasteiger partial charge in [-0.2, -0.15) is 44.9 Å². The van der Waals surface area contributed by atoms with E-state index in [0.29, 0.717) is 112 Å². The van der Waals surface area contributed by atoms with E-state index in [2.05, 4.69) is 83.8 Å². The van der Waals surface area contributed by atoms with Crippen LogP contribution in [0.5, 0.6) is 0 Å². The number of unbranched alkanes of at least 4 members (excludes halogenated alkanes) is 4. The summed E-state index contributed by atoms with van der Waals surface area (Å²) in [4.78, 5) is 52.4. The molecule has 0 saturated carbocycles. The Labute approximate surface area is 349 Å². The fraction of sp³-hybridized carbons (Fsp3) is 0.625. The van der Waals surface area contributed by atoms with Gasteiger partial charge < -0.3 is 51.9 Å². The maximum Gasteiger partial charge on any atom is 0.232 e. The first kappa shape index (κ1) is 42.8. The molecule has 5 heterocycles. The number of nitrogens with two attached hydrogens (primary N) is 1. The van der Waals surface area contributed by atoms with Gasteiger partial charge in [-0.25, -0.2) is 0 Å². The van der Waals surface area contributed by atoms with Gasteiger partial charge in [0.05, 0.1) is 0 Å². The van der Waals surface area contributed by atoms with Crippen molar-refractivity contribution >= 4 is 59.2 Å². The first-order chi connectivity index (χ1) is 28.9. The number of nitrogens with one attached hydrogen (secondary N) is 5. The summed E-state index contributed by atoms with van der Waals surface area (Å²) in [6.45, 7) is 18.1. The van der Waals surface area contributed by atoms with Crippen molar-refractivity contribution in [3.8, 4) is 0 Å². The summed E-state index contributed by atoms with van der Waals surface area (Å²) in [5.74, 6) is 5.56. The average Bonchev–Trinajstić information content (AvgIpc) is 3.26. The van der Waals surface area contributed by atoms with Gasteiger partial charge >= 0.3 is 0 Å². The van der Waals surface area contributed by atoms with E-state index < -0.39 is 0 Å². The summed E-state index contributed by atoms with van der Waals surface area (Å²) in [5.41, 5.74) is 7.77. The fourth-order valence-electron chi connectivity index (χ4n) is 6.58. The van der Waals surface area contributed by atoms with Gasteiger partial charge in [0.15, 0.2) is 0 Å². The standard InChI is InChI=1S/C40H65N19/c1-5-9-17-42-32-47-33(43-18-10-6-2)50-37(49-32)56-21-25-58(26-22-56)39-53-36(46-29-30-13-15-31(41)16-14-30)54-40(55-39)59-27-23-57(24-28-59)38-51-34(44-19-11-7-3)48-35(52-38)45-20-12-8-4/h13-16H,5-12,17-29,41H2,1-4H3,(H,46,53,54,55)(H2,42,43,47,49,50)(H2,44,45,48,51,52). The van der Waals surface area contributed by atoms with Crippen molar-refractivity contribution in [2.75, 3.05) is 130 Å². The van der Waals surface area contributed by atoms with Gasteiger partial charge in [-0.1, -0.05) is 65.5 Å². The molecule has 320 valence electrons. The number of aromatic nitrogens is 9. The molecule has 0 spiro atoms. The lowest BCUT2D eigenvalue weighted by Crippen LogP contribution is -2.49. The van der Waals surface area contributed by atoms with Crippen LogP contribution in [0.1, 0.15) is 84.6 Å². The number of nitrogens with zero attached hydrogens (tertiary/aromatic N) is 13. The quantitative estimate of drug-likeness (QED) is 0.0432. The number of benzene rings is 1. The van der Waals surface area contributed by atoms with Crippen LogP contribution >= 0.6 is 0 Å². The number of rotatable bonds is 23. The third-order valence-corrected chi connectivity index (χ3v) is 10.2. The van der Waals surface area contributed by atoms with Crippen molar-refractivity contribution in [1.82, 2.24) is 44.9 Å². The Hall–Kier alpha value is -5.75. The number of piperazine rings is 2. The zero-order valence-corrected chi connectivity index (χ0v) is 35.5. The van der Waals surface area contributed by atoms with E-state index in [9.17, 15) is 0 Å². The Bertz CT molecular complexity index is 1680. The summed E-state index contributed by atoms with van der Waals surface area (Å²) >= 11 is 0. The van der Waals surface area contributed by atoms with Gasteiger partial charge in [0.25, 0.3) is 0 Å². The highest BCUT2D eigenvalue weighted by Gasteiger charge is 2.27.